The Morgan fingerprint density at radius 1 is 1.14 bits per heavy atom. The van der Waals surface area contributed by atoms with Crippen LogP contribution in [0.2, 0.25) is 0 Å². The predicted octanol–water partition coefficient (Wildman–Crippen LogP) is 3.34. The summed E-state index contributed by atoms with van der Waals surface area (Å²) in [6.07, 6.45) is 2.12. The van der Waals surface area contributed by atoms with Crippen molar-refractivity contribution in [2.45, 2.75) is 63.5 Å². The molecule has 1 aromatic rings. The smallest absolute Gasteiger partial charge is 0.213 e. The van der Waals surface area contributed by atoms with Crippen LogP contribution in [-0.4, -0.2) is 20.2 Å². The third-order valence-corrected chi connectivity index (χ3v) is 6.24. The molecule has 0 aromatic heterocycles. The fraction of sp³-hybridized carbons (Fsp3) is 0.647. The number of sulfonamides is 1. The number of nitrogens with one attached hydrogen (secondary N) is 1. The Labute approximate surface area is 129 Å². The normalized spacial score (nSPS) is 18.0. The van der Waals surface area contributed by atoms with Crippen molar-refractivity contribution in [1.82, 2.24) is 4.72 Å². The van der Waals surface area contributed by atoms with Crippen LogP contribution in [0.25, 0.3) is 0 Å². The van der Waals surface area contributed by atoms with Gasteiger partial charge in [-0.05, 0) is 43.2 Å². The van der Waals surface area contributed by atoms with Crippen molar-refractivity contribution in [3.05, 3.63) is 35.4 Å². The van der Waals surface area contributed by atoms with Crippen LogP contribution in [0.15, 0.2) is 24.3 Å². The van der Waals surface area contributed by atoms with E-state index >= 15 is 0 Å². The predicted molar refractivity (Wildman–Crippen MR) is 88.1 cm³/mol. The number of hydrogen-bond acceptors (Lipinski definition) is 2. The summed E-state index contributed by atoms with van der Waals surface area (Å²) in [6.45, 7) is 10.5. The molecular weight excluding hydrogens is 282 g/mol. The summed E-state index contributed by atoms with van der Waals surface area (Å²) in [5, 5.41) is -0.378. The van der Waals surface area contributed by atoms with Crippen molar-refractivity contribution in [2.75, 3.05) is 6.54 Å². The Hall–Kier alpha value is -0.870. The maximum absolute atomic E-state index is 11.9. The molecule has 4 heteroatoms. The summed E-state index contributed by atoms with van der Waals surface area (Å²) >= 11 is 0. The average molecular weight is 309 g/mol. The van der Waals surface area contributed by atoms with Gasteiger partial charge in [-0.25, -0.2) is 13.1 Å². The van der Waals surface area contributed by atoms with Gasteiger partial charge in [0.05, 0.1) is 5.25 Å². The first-order chi connectivity index (χ1) is 9.57. The Bertz CT molecular complexity index is 591. The summed E-state index contributed by atoms with van der Waals surface area (Å²) in [5.41, 5.74) is 2.72. The fourth-order valence-electron chi connectivity index (χ4n) is 2.45. The topological polar surface area (TPSA) is 46.2 Å². The van der Waals surface area contributed by atoms with E-state index < -0.39 is 10.0 Å². The minimum Gasteiger partial charge on any atom is -0.214 e. The molecule has 0 radical (unpaired) electrons. The largest absolute Gasteiger partial charge is 0.214 e. The summed E-state index contributed by atoms with van der Waals surface area (Å²) in [6, 6.07) is 8.67. The van der Waals surface area contributed by atoms with Gasteiger partial charge in [0.2, 0.25) is 10.0 Å². The first kappa shape index (κ1) is 16.5. The molecule has 0 amide bonds. The van der Waals surface area contributed by atoms with Crippen molar-refractivity contribution in [3.63, 3.8) is 0 Å². The van der Waals surface area contributed by atoms with Crippen LogP contribution < -0.4 is 4.72 Å². The van der Waals surface area contributed by atoms with Gasteiger partial charge in [0.1, 0.15) is 0 Å². The van der Waals surface area contributed by atoms with Gasteiger partial charge in [-0.2, -0.15) is 0 Å². The highest BCUT2D eigenvalue weighted by molar-refractivity contribution is 7.90. The molecule has 0 heterocycles. The van der Waals surface area contributed by atoms with Gasteiger partial charge < -0.3 is 0 Å². The first-order valence-electron chi connectivity index (χ1n) is 7.66. The highest BCUT2D eigenvalue weighted by Crippen LogP contribution is 2.48. The van der Waals surface area contributed by atoms with Gasteiger partial charge in [0.25, 0.3) is 0 Å². The lowest BCUT2D eigenvalue weighted by molar-refractivity contribution is 0.558. The Morgan fingerprint density at radius 3 is 2.05 bits per heavy atom. The van der Waals surface area contributed by atoms with E-state index in [-0.39, 0.29) is 16.1 Å². The second-order valence-corrected chi connectivity index (χ2v) is 9.84. The minimum atomic E-state index is -3.18. The molecule has 0 saturated heterocycles. The fourth-order valence-corrected chi connectivity index (χ4v) is 3.26. The summed E-state index contributed by atoms with van der Waals surface area (Å²) in [4.78, 5) is 0. The minimum absolute atomic E-state index is 0.0123. The molecule has 3 nitrogen and oxygen atoms in total. The van der Waals surface area contributed by atoms with Crippen molar-refractivity contribution in [1.29, 1.82) is 0 Å². The van der Waals surface area contributed by atoms with Crippen LogP contribution in [0, 0.1) is 0 Å². The van der Waals surface area contributed by atoms with E-state index in [1.807, 2.05) is 0 Å². The third-order valence-electron chi connectivity index (χ3n) is 4.45. The van der Waals surface area contributed by atoms with Crippen molar-refractivity contribution in [2.24, 2.45) is 0 Å². The summed E-state index contributed by atoms with van der Waals surface area (Å²) in [7, 11) is -3.18. The number of rotatable bonds is 5. The zero-order valence-corrected chi connectivity index (χ0v) is 14.5. The van der Waals surface area contributed by atoms with Crippen molar-refractivity contribution in [3.8, 4) is 0 Å². The maximum atomic E-state index is 11.9. The molecule has 118 valence electrons. The molecule has 1 fully saturated rings. The molecule has 1 N–H and O–H groups in total. The highest BCUT2D eigenvalue weighted by atomic mass is 32.2. The molecule has 1 saturated carbocycles. The molecule has 21 heavy (non-hydrogen) atoms. The van der Waals surface area contributed by atoms with Gasteiger partial charge in [-0.15, -0.1) is 0 Å². The highest BCUT2D eigenvalue weighted by Gasteiger charge is 2.44. The lowest BCUT2D eigenvalue weighted by atomic mass is 9.85. The van der Waals surface area contributed by atoms with Crippen molar-refractivity contribution < 1.29 is 8.42 Å². The second kappa shape index (κ2) is 5.40. The third kappa shape index (κ3) is 3.67. The molecule has 0 aliphatic heterocycles. The molecule has 0 spiro atoms. The summed E-state index contributed by atoms with van der Waals surface area (Å²) < 4.78 is 26.6. The maximum Gasteiger partial charge on any atom is 0.213 e. The molecular formula is C17H27NO2S. The van der Waals surface area contributed by atoms with E-state index in [1.165, 1.54) is 11.1 Å². The molecule has 0 bridgehead atoms. The van der Waals surface area contributed by atoms with E-state index in [0.717, 1.165) is 12.8 Å². The zero-order valence-electron chi connectivity index (χ0n) is 13.7. The van der Waals surface area contributed by atoms with E-state index in [9.17, 15) is 8.42 Å². The van der Waals surface area contributed by atoms with Crippen molar-refractivity contribution >= 4 is 10.0 Å². The lowest BCUT2D eigenvalue weighted by Gasteiger charge is -2.22. The van der Waals surface area contributed by atoms with Crippen LogP contribution in [0.5, 0.6) is 0 Å². The molecule has 2 rings (SSSR count). The van der Waals surface area contributed by atoms with Gasteiger partial charge in [0, 0.05) is 12.0 Å². The van der Waals surface area contributed by atoms with E-state index in [0.29, 0.717) is 6.54 Å². The SMILES string of the molecule is CC(C)S(=O)(=O)NCC1(c2ccc(C(C)(C)C)cc2)CC1. The number of benzene rings is 1. The number of hydrogen-bond donors (Lipinski definition) is 1. The zero-order chi connectivity index (χ0) is 15.9. The second-order valence-electron chi connectivity index (χ2n) is 7.52. The monoisotopic (exact) mass is 309 g/mol. The summed E-state index contributed by atoms with van der Waals surface area (Å²) in [5.74, 6) is 0. The average Bonchev–Trinajstić information content (AvgIpc) is 3.17. The molecule has 0 atom stereocenters. The Balaban J connectivity index is 2.11. The quantitative estimate of drug-likeness (QED) is 0.906. The molecule has 1 aromatic carbocycles. The Kier molecular flexibility index (Phi) is 4.24. The first-order valence-corrected chi connectivity index (χ1v) is 9.21. The molecule has 1 aliphatic rings. The van der Waals surface area contributed by atoms with E-state index in [1.54, 1.807) is 13.8 Å². The van der Waals surface area contributed by atoms with Gasteiger partial charge in [-0.3, -0.25) is 0 Å². The van der Waals surface area contributed by atoms with Crippen LogP contribution in [-0.2, 0) is 20.9 Å². The van der Waals surface area contributed by atoms with Crippen LogP contribution in [0.3, 0.4) is 0 Å². The molecule has 1 aliphatic carbocycles. The lowest BCUT2D eigenvalue weighted by Crippen LogP contribution is -2.36. The van der Waals surface area contributed by atoms with Gasteiger partial charge >= 0.3 is 0 Å². The van der Waals surface area contributed by atoms with E-state index in [2.05, 4.69) is 49.8 Å². The van der Waals surface area contributed by atoms with E-state index in [4.69, 9.17) is 0 Å². The molecule has 0 unspecified atom stereocenters. The van der Waals surface area contributed by atoms with Gasteiger partial charge in [0.15, 0.2) is 0 Å². The van der Waals surface area contributed by atoms with Crippen LogP contribution >= 0.6 is 0 Å². The van der Waals surface area contributed by atoms with Crippen LogP contribution in [0.4, 0.5) is 0 Å². The van der Waals surface area contributed by atoms with Crippen LogP contribution in [0.1, 0.15) is 58.6 Å². The Morgan fingerprint density at radius 2 is 1.67 bits per heavy atom. The van der Waals surface area contributed by atoms with Gasteiger partial charge in [-0.1, -0.05) is 45.0 Å². The standard InChI is InChI=1S/C17H27NO2S/c1-13(2)21(19,20)18-12-17(10-11-17)15-8-6-14(7-9-15)16(3,4)5/h6-9,13,18H,10-12H2,1-5H3.